The molecule has 0 saturated carbocycles. The van der Waals surface area contributed by atoms with Crippen molar-refractivity contribution in [2.75, 3.05) is 27.2 Å². The summed E-state index contributed by atoms with van der Waals surface area (Å²) in [4.78, 5) is 30.3. The summed E-state index contributed by atoms with van der Waals surface area (Å²) < 4.78 is 35.2. The number of rotatable bonds is 4. The van der Waals surface area contributed by atoms with Gasteiger partial charge in [0, 0.05) is 24.0 Å². The largest absolute Gasteiger partial charge is 0.490 e. The Bertz CT molecular complexity index is 1090. The molecule has 4 rings (SSSR count). The van der Waals surface area contributed by atoms with Crippen molar-refractivity contribution in [2.45, 2.75) is 25.2 Å². The van der Waals surface area contributed by atoms with E-state index in [0.29, 0.717) is 13.0 Å². The maximum absolute atomic E-state index is 13.0. The van der Waals surface area contributed by atoms with Gasteiger partial charge in [-0.05, 0) is 36.5 Å². The van der Waals surface area contributed by atoms with Gasteiger partial charge >= 0.3 is 12.1 Å². The first-order chi connectivity index (χ1) is 15.1. The number of aliphatic carboxylic acids is 1. The molecular formula is C21H23F3N4O3S. The van der Waals surface area contributed by atoms with Crippen molar-refractivity contribution in [3.05, 3.63) is 53.4 Å². The zero-order valence-corrected chi connectivity index (χ0v) is 18.4. The summed E-state index contributed by atoms with van der Waals surface area (Å²) in [6, 6.07) is 8.55. The molecule has 0 saturated heterocycles. The van der Waals surface area contributed by atoms with E-state index in [1.54, 1.807) is 11.3 Å². The quantitative estimate of drug-likeness (QED) is 0.635. The zero-order chi connectivity index (χ0) is 23.5. The van der Waals surface area contributed by atoms with Crippen LogP contribution in [0, 0.1) is 0 Å². The molecule has 0 aliphatic carbocycles. The second kappa shape index (κ2) is 9.70. The molecule has 1 unspecified atom stereocenters. The number of alkyl halides is 3. The highest BCUT2D eigenvalue weighted by atomic mass is 32.1. The van der Waals surface area contributed by atoms with E-state index in [9.17, 15) is 18.0 Å². The molecule has 11 heteroatoms. The number of aromatic nitrogens is 2. The average molecular weight is 469 g/mol. The second-order valence-corrected chi connectivity index (χ2v) is 8.63. The Balaban J connectivity index is 0.000000360. The molecule has 7 nitrogen and oxygen atoms in total. The van der Waals surface area contributed by atoms with Gasteiger partial charge in [0.05, 0.1) is 31.0 Å². The molecule has 32 heavy (non-hydrogen) atoms. The number of hydrogen-bond donors (Lipinski definition) is 1. The van der Waals surface area contributed by atoms with Crippen LogP contribution in [0.1, 0.15) is 17.3 Å². The Kier molecular flexibility index (Phi) is 7.19. The zero-order valence-electron chi connectivity index (χ0n) is 17.5. The third-order valence-electron chi connectivity index (χ3n) is 5.00. The smallest absolute Gasteiger partial charge is 0.475 e. The van der Waals surface area contributed by atoms with Gasteiger partial charge in [-0.3, -0.25) is 4.79 Å². The number of fused-ring (bicyclic) bond motifs is 2. The van der Waals surface area contributed by atoms with E-state index in [2.05, 4.69) is 46.1 Å². The molecule has 172 valence electrons. The molecule has 1 amide bonds. The third kappa shape index (κ3) is 5.65. The van der Waals surface area contributed by atoms with Gasteiger partial charge < -0.3 is 19.5 Å². The van der Waals surface area contributed by atoms with Crippen molar-refractivity contribution >= 4 is 33.3 Å². The molecule has 1 aliphatic rings. The van der Waals surface area contributed by atoms with Gasteiger partial charge in [-0.15, -0.1) is 11.3 Å². The number of imidazole rings is 1. The van der Waals surface area contributed by atoms with E-state index in [4.69, 9.17) is 9.90 Å². The maximum Gasteiger partial charge on any atom is 0.490 e. The monoisotopic (exact) mass is 468 g/mol. The van der Waals surface area contributed by atoms with E-state index in [-0.39, 0.29) is 11.9 Å². The van der Waals surface area contributed by atoms with Crippen molar-refractivity contribution in [3.63, 3.8) is 0 Å². The summed E-state index contributed by atoms with van der Waals surface area (Å²) >= 11 is 1.71. The summed E-state index contributed by atoms with van der Waals surface area (Å²) in [6.07, 6.45) is -0.855. The number of likely N-dealkylation sites (N-methyl/N-ethyl adjacent to an activating group) is 1. The number of hydrogen-bond acceptors (Lipinski definition) is 5. The van der Waals surface area contributed by atoms with Crippen molar-refractivity contribution in [2.24, 2.45) is 0 Å². The number of carboxylic acid groups (broad SMARTS) is 1. The second-order valence-electron chi connectivity index (χ2n) is 7.72. The minimum atomic E-state index is -5.08. The lowest BCUT2D eigenvalue weighted by Crippen LogP contribution is -2.44. The van der Waals surface area contributed by atoms with Crippen LogP contribution in [0.25, 0.3) is 10.1 Å². The summed E-state index contributed by atoms with van der Waals surface area (Å²) in [5.41, 5.74) is 2.25. The van der Waals surface area contributed by atoms with Crippen molar-refractivity contribution < 1.29 is 27.9 Å². The van der Waals surface area contributed by atoms with E-state index in [1.807, 2.05) is 29.6 Å². The Labute approximate surface area is 186 Å². The fourth-order valence-corrected chi connectivity index (χ4v) is 4.55. The van der Waals surface area contributed by atoms with Crippen LogP contribution in [0.2, 0.25) is 0 Å². The molecule has 1 aliphatic heterocycles. The Hall–Kier alpha value is -2.92. The number of carbonyl (C=O) groups is 2. The van der Waals surface area contributed by atoms with Crippen LogP contribution in [0.3, 0.4) is 0 Å². The number of carbonyl (C=O) groups excluding carboxylic acids is 1. The molecule has 0 spiro atoms. The molecule has 2 aromatic heterocycles. The average Bonchev–Trinajstić information content (AvgIpc) is 3.34. The highest BCUT2D eigenvalue weighted by Crippen LogP contribution is 2.27. The van der Waals surface area contributed by atoms with Crippen LogP contribution in [-0.4, -0.2) is 69.7 Å². The van der Waals surface area contributed by atoms with Gasteiger partial charge in [0.15, 0.2) is 0 Å². The molecule has 1 atom stereocenters. The van der Waals surface area contributed by atoms with Gasteiger partial charge in [0.2, 0.25) is 5.91 Å². The van der Waals surface area contributed by atoms with Crippen LogP contribution in [0.4, 0.5) is 13.2 Å². The van der Waals surface area contributed by atoms with Crippen molar-refractivity contribution in [1.82, 2.24) is 19.4 Å². The Morgan fingerprint density at radius 2 is 1.97 bits per heavy atom. The topological polar surface area (TPSA) is 78.7 Å². The number of amides is 1. The molecule has 1 aromatic carbocycles. The van der Waals surface area contributed by atoms with Crippen LogP contribution in [-0.2, 0) is 22.6 Å². The lowest BCUT2D eigenvalue weighted by molar-refractivity contribution is -0.192. The summed E-state index contributed by atoms with van der Waals surface area (Å²) in [5, 5.41) is 10.4. The Morgan fingerprint density at radius 1 is 1.28 bits per heavy atom. The highest BCUT2D eigenvalue weighted by molar-refractivity contribution is 7.17. The van der Waals surface area contributed by atoms with Crippen LogP contribution in [0.5, 0.6) is 0 Å². The van der Waals surface area contributed by atoms with Gasteiger partial charge in [-0.2, -0.15) is 13.2 Å². The number of thiophene rings is 1. The number of nitrogens with zero attached hydrogens (tertiary/aromatic N) is 4. The summed E-state index contributed by atoms with van der Waals surface area (Å²) in [5.74, 6) is -2.56. The van der Waals surface area contributed by atoms with Gasteiger partial charge in [-0.25, -0.2) is 9.78 Å². The number of benzene rings is 1. The normalized spacial score (nSPS) is 15.9. The molecule has 0 bridgehead atoms. The highest BCUT2D eigenvalue weighted by Gasteiger charge is 2.38. The van der Waals surface area contributed by atoms with Gasteiger partial charge in [0.1, 0.15) is 0 Å². The molecule has 0 radical (unpaired) electrons. The van der Waals surface area contributed by atoms with E-state index in [1.165, 1.54) is 10.1 Å². The molecule has 1 N–H and O–H groups in total. The number of halogens is 3. The maximum atomic E-state index is 13.0. The van der Waals surface area contributed by atoms with Crippen LogP contribution in [0.15, 0.2) is 42.2 Å². The molecule has 0 fully saturated rings. The fourth-order valence-electron chi connectivity index (χ4n) is 3.59. The minimum absolute atomic E-state index is 0.194. The fraction of sp³-hybridized carbons (Fsp3) is 0.381. The van der Waals surface area contributed by atoms with Gasteiger partial charge in [0.25, 0.3) is 0 Å². The molecular weight excluding hydrogens is 445 g/mol. The minimum Gasteiger partial charge on any atom is -0.475 e. The van der Waals surface area contributed by atoms with Crippen LogP contribution < -0.4 is 0 Å². The first-order valence-corrected chi connectivity index (χ1v) is 10.6. The Morgan fingerprint density at radius 3 is 2.62 bits per heavy atom. The van der Waals surface area contributed by atoms with E-state index < -0.39 is 12.1 Å². The lowest BCUT2D eigenvalue weighted by atomic mass is 10.1. The number of carboxylic acids is 1. The van der Waals surface area contributed by atoms with E-state index in [0.717, 1.165) is 24.3 Å². The van der Waals surface area contributed by atoms with Crippen LogP contribution >= 0.6 is 11.3 Å². The first kappa shape index (κ1) is 23.7. The van der Waals surface area contributed by atoms with E-state index >= 15 is 0 Å². The lowest BCUT2D eigenvalue weighted by Gasteiger charge is -2.35. The predicted octanol–water partition coefficient (Wildman–Crippen LogP) is 3.42. The van der Waals surface area contributed by atoms with Gasteiger partial charge in [-0.1, -0.05) is 18.2 Å². The molecule has 3 aromatic rings. The summed E-state index contributed by atoms with van der Waals surface area (Å²) in [6.45, 7) is 2.28. The third-order valence-corrected chi connectivity index (χ3v) is 6.01. The predicted molar refractivity (Wildman–Crippen MR) is 114 cm³/mol. The SMILES string of the molecule is CN(C)CC1CN(C(=O)Cc2csc3ccccc23)Cc2cncn21.O=C(O)C(F)(F)F. The first-order valence-electron chi connectivity index (χ1n) is 9.74. The molecule has 3 heterocycles. The standard InChI is InChI=1S/C19H22N4OS.C2HF3O2/c1-21(2)9-16-11-22(10-15-8-20-13-23(15)16)19(24)7-14-12-25-18-6-4-3-5-17(14)18;3-2(4,5)1(6)7/h3-6,8,12-13,16H,7,9-11H2,1-2H3;(H,6,7). The van der Waals surface area contributed by atoms with Crippen molar-refractivity contribution in [3.8, 4) is 0 Å². The van der Waals surface area contributed by atoms with Crippen molar-refractivity contribution in [1.29, 1.82) is 0 Å². The summed E-state index contributed by atoms with van der Waals surface area (Å²) in [7, 11) is 4.13.